The Balaban J connectivity index is 1.38. The van der Waals surface area contributed by atoms with Crippen LogP contribution in [0.25, 0.3) is 0 Å². The molecular formula is C22H32. The highest BCUT2D eigenvalue weighted by atomic mass is 14.4. The third-order valence-electron chi connectivity index (χ3n) is 6.39. The van der Waals surface area contributed by atoms with E-state index in [2.05, 4.69) is 43.0 Å². The van der Waals surface area contributed by atoms with Crippen molar-refractivity contribution in [2.45, 2.75) is 64.2 Å². The minimum Gasteiger partial charge on any atom is -0.103 e. The largest absolute Gasteiger partial charge is 0.103 e. The molecule has 0 saturated heterocycles. The highest BCUT2D eigenvalue weighted by Gasteiger charge is 2.30. The van der Waals surface area contributed by atoms with Crippen LogP contribution in [0.4, 0.5) is 0 Å². The van der Waals surface area contributed by atoms with E-state index < -0.39 is 0 Å². The van der Waals surface area contributed by atoms with Crippen molar-refractivity contribution in [1.82, 2.24) is 0 Å². The summed E-state index contributed by atoms with van der Waals surface area (Å²) in [7, 11) is 0. The molecule has 1 aromatic rings. The first-order valence-corrected chi connectivity index (χ1v) is 9.51. The molecule has 0 spiro atoms. The Kier molecular flexibility index (Phi) is 5.76. The summed E-state index contributed by atoms with van der Waals surface area (Å²) in [5.41, 5.74) is 1.52. The van der Waals surface area contributed by atoms with Crippen molar-refractivity contribution in [2.24, 2.45) is 23.7 Å². The van der Waals surface area contributed by atoms with Crippen molar-refractivity contribution in [3.05, 3.63) is 48.6 Å². The van der Waals surface area contributed by atoms with E-state index in [-0.39, 0.29) is 0 Å². The molecule has 2 fully saturated rings. The number of allylic oxidation sites excluding steroid dienone is 1. The van der Waals surface area contributed by atoms with Crippen molar-refractivity contribution in [1.29, 1.82) is 0 Å². The van der Waals surface area contributed by atoms with Gasteiger partial charge in [0.05, 0.1) is 0 Å². The van der Waals surface area contributed by atoms with Crippen LogP contribution >= 0.6 is 0 Å². The van der Waals surface area contributed by atoms with Gasteiger partial charge in [-0.3, -0.25) is 0 Å². The maximum absolute atomic E-state index is 3.98. The van der Waals surface area contributed by atoms with Gasteiger partial charge in [0, 0.05) is 0 Å². The monoisotopic (exact) mass is 296 g/mol. The molecule has 0 aromatic heterocycles. The molecule has 0 atom stereocenters. The summed E-state index contributed by atoms with van der Waals surface area (Å²) >= 11 is 0. The molecule has 0 N–H and O–H groups in total. The van der Waals surface area contributed by atoms with Crippen molar-refractivity contribution in [3.8, 4) is 0 Å². The molecule has 2 saturated carbocycles. The van der Waals surface area contributed by atoms with Gasteiger partial charge in [0.25, 0.3) is 0 Å². The number of aryl methyl sites for hydroxylation is 1. The van der Waals surface area contributed by atoms with Crippen molar-refractivity contribution in [2.75, 3.05) is 0 Å². The van der Waals surface area contributed by atoms with Crippen LogP contribution in [-0.2, 0) is 6.42 Å². The Labute approximate surface area is 137 Å². The molecule has 0 heterocycles. The van der Waals surface area contributed by atoms with Crippen LogP contribution in [0.1, 0.15) is 63.4 Å². The lowest BCUT2D eigenvalue weighted by atomic mass is 9.68. The topological polar surface area (TPSA) is 0 Å². The summed E-state index contributed by atoms with van der Waals surface area (Å²) in [5.74, 6) is 3.88. The molecule has 2 aliphatic carbocycles. The quantitative estimate of drug-likeness (QED) is 0.550. The minimum absolute atomic E-state index is 0.818. The SMILES string of the molecule is C=CC1CCC(C2CCC(CCc3ccccc3)CC2)CC1. The second-order valence-corrected chi connectivity index (χ2v) is 7.72. The number of rotatable bonds is 5. The van der Waals surface area contributed by atoms with E-state index in [0.29, 0.717) is 0 Å². The zero-order valence-electron chi connectivity index (χ0n) is 14.1. The molecule has 0 nitrogen and oxygen atoms in total. The molecule has 2 aliphatic rings. The molecule has 0 bridgehead atoms. The predicted octanol–water partition coefficient (Wildman–Crippen LogP) is 6.42. The summed E-state index contributed by atoms with van der Waals surface area (Å²) in [6, 6.07) is 11.0. The van der Waals surface area contributed by atoms with Gasteiger partial charge in [0.15, 0.2) is 0 Å². The van der Waals surface area contributed by atoms with Crippen LogP contribution in [0.3, 0.4) is 0 Å². The third kappa shape index (κ3) is 4.24. The molecule has 0 heteroatoms. The lowest BCUT2D eigenvalue weighted by molar-refractivity contribution is 0.153. The average Bonchev–Trinajstić information content (AvgIpc) is 2.61. The van der Waals surface area contributed by atoms with Gasteiger partial charge in [-0.1, -0.05) is 49.2 Å². The second-order valence-electron chi connectivity index (χ2n) is 7.72. The zero-order valence-corrected chi connectivity index (χ0v) is 14.1. The smallest absolute Gasteiger partial charge is 0.0236 e. The summed E-state index contributed by atoms with van der Waals surface area (Å²) in [5, 5.41) is 0. The average molecular weight is 296 g/mol. The van der Waals surface area contributed by atoms with E-state index in [4.69, 9.17) is 0 Å². The van der Waals surface area contributed by atoms with E-state index in [9.17, 15) is 0 Å². The third-order valence-corrected chi connectivity index (χ3v) is 6.39. The fourth-order valence-corrected chi connectivity index (χ4v) is 4.82. The Bertz CT molecular complexity index is 430. The number of hydrogen-bond donors (Lipinski definition) is 0. The second kappa shape index (κ2) is 7.99. The van der Waals surface area contributed by atoms with Crippen molar-refractivity contribution < 1.29 is 0 Å². The zero-order chi connectivity index (χ0) is 15.2. The van der Waals surface area contributed by atoms with Gasteiger partial charge in [0.1, 0.15) is 0 Å². The van der Waals surface area contributed by atoms with Crippen LogP contribution < -0.4 is 0 Å². The molecular weight excluding hydrogens is 264 g/mol. The van der Waals surface area contributed by atoms with E-state index in [0.717, 1.165) is 23.7 Å². The number of benzene rings is 1. The lowest BCUT2D eigenvalue weighted by Crippen LogP contribution is -2.25. The fourth-order valence-electron chi connectivity index (χ4n) is 4.82. The first kappa shape index (κ1) is 15.8. The van der Waals surface area contributed by atoms with Gasteiger partial charge >= 0.3 is 0 Å². The first-order valence-electron chi connectivity index (χ1n) is 9.51. The van der Waals surface area contributed by atoms with E-state index >= 15 is 0 Å². The van der Waals surface area contributed by atoms with Gasteiger partial charge in [-0.2, -0.15) is 0 Å². The molecule has 0 aliphatic heterocycles. The molecule has 0 amide bonds. The highest BCUT2D eigenvalue weighted by molar-refractivity contribution is 5.14. The Morgan fingerprint density at radius 2 is 1.41 bits per heavy atom. The Morgan fingerprint density at radius 1 is 0.818 bits per heavy atom. The normalized spacial score (nSPS) is 32.5. The Morgan fingerprint density at radius 3 is 2.00 bits per heavy atom. The molecule has 22 heavy (non-hydrogen) atoms. The molecule has 0 radical (unpaired) electrons. The van der Waals surface area contributed by atoms with Gasteiger partial charge in [-0.05, 0) is 80.6 Å². The number of hydrogen-bond acceptors (Lipinski definition) is 0. The maximum atomic E-state index is 3.98. The minimum atomic E-state index is 0.818. The van der Waals surface area contributed by atoms with Gasteiger partial charge < -0.3 is 0 Å². The van der Waals surface area contributed by atoms with Crippen LogP contribution in [0.15, 0.2) is 43.0 Å². The molecule has 1 aromatic carbocycles. The van der Waals surface area contributed by atoms with Gasteiger partial charge in [-0.25, -0.2) is 0 Å². The van der Waals surface area contributed by atoms with Crippen LogP contribution in [0.5, 0.6) is 0 Å². The van der Waals surface area contributed by atoms with Gasteiger partial charge in [0.2, 0.25) is 0 Å². The Hall–Kier alpha value is -1.04. The van der Waals surface area contributed by atoms with Crippen LogP contribution in [0, 0.1) is 23.7 Å². The van der Waals surface area contributed by atoms with E-state index in [1.807, 2.05) is 0 Å². The van der Waals surface area contributed by atoms with Crippen LogP contribution in [-0.4, -0.2) is 0 Å². The predicted molar refractivity (Wildman–Crippen MR) is 95.9 cm³/mol. The molecule has 120 valence electrons. The van der Waals surface area contributed by atoms with E-state index in [1.165, 1.54) is 69.8 Å². The molecule has 0 unspecified atom stereocenters. The summed E-state index contributed by atoms with van der Waals surface area (Å²) in [4.78, 5) is 0. The van der Waals surface area contributed by atoms with Crippen LogP contribution in [0.2, 0.25) is 0 Å². The van der Waals surface area contributed by atoms with E-state index in [1.54, 1.807) is 0 Å². The standard InChI is InChI=1S/C22H32/c1-2-18-10-14-21(15-11-18)22-16-12-20(13-17-22)9-8-19-6-4-3-5-7-19/h2-7,18,20-22H,1,8-17H2. The van der Waals surface area contributed by atoms with Crippen molar-refractivity contribution >= 4 is 0 Å². The maximum Gasteiger partial charge on any atom is -0.0236 e. The highest BCUT2D eigenvalue weighted by Crippen LogP contribution is 2.42. The first-order chi connectivity index (χ1) is 10.8. The lowest BCUT2D eigenvalue weighted by Gasteiger charge is -2.37. The summed E-state index contributed by atoms with van der Waals surface area (Å²) in [6.07, 6.45) is 16.6. The van der Waals surface area contributed by atoms with Gasteiger partial charge in [-0.15, -0.1) is 6.58 Å². The molecule has 3 rings (SSSR count). The summed E-state index contributed by atoms with van der Waals surface area (Å²) in [6.45, 7) is 3.98. The van der Waals surface area contributed by atoms with Crippen molar-refractivity contribution in [3.63, 3.8) is 0 Å². The fraction of sp³-hybridized carbons (Fsp3) is 0.636. The summed E-state index contributed by atoms with van der Waals surface area (Å²) < 4.78 is 0.